The number of nitrogens with zero attached hydrogens (tertiary/aromatic N) is 1. The standard InChI is InChI=1S/C27H27N3O3/c1-18-13-19(2)24-15-21(26(31)29-25(24)14-18)17-30(16-20-7-5-4-6-8-20)27(32)28-22-9-11-23(33-3)12-10-22/h4-15H,16-17H2,1-3H3,(H,28,32)(H,29,31). The Bertz CT molecular complexity index is 1330. The first-order valence-electron chi connectivity index (χ1n) is 10.8. The lowest BCUT2D eigenvalue weighted by molar-refractivity contribution is 0.206. The predicted molar refractivity (Wildman–Crippen MR) is 132 cm³/mol. The van der Waals surface area contributed by atoms with E-state index in [0.29, 0.717) is 23.5 Å². The molecule has 2 amide bonds. The molecule has 0 fully saturated rings. The van der Waals surface area contributed by atoms with Gasteiger partial charge in [0.25, 0.3) is 5.56 Å². The maximum atomic E-state index is 13.2. The number of benzene rings is 3. The van der Waals surface area contributed by atoms with Crippen molar-refractivity contribution in [1.82, 2.24) is 9.88 Å². The van der Waals surface area contributed by atoms with Crippen LogP contribution in [0.3, 0.4) is 0 Å². The highest BCUT2D eigenvalue weighted by Gasteiger charge is 2.17. The van der Waals surface area contributed by atoms with Gasteiger partial charge in [0.05, 0.1) is 13.7 Å². The van der Waals surface area contributed by atoms with Gasteiger partial charge in [-0.05, 0) is 66.9 Å². The van der Waals surface area contributed by atoms with Crippen LogP contribution >= 0.6 is 0 Å². The third-order valence-electron chi connectivity index (χ3n) is 5.60. The fourth-order valence-electron chi connectivity index (χ4n) is 3.92. The zero-order valence-electron chi connectivity index (χ0n) is 19.0. The van der Waals surface area contributed by atoms with Gasteiger partial charge in [-0.3, -0.25) is 4.79 Å². The Labute approximate surface area is 192 Å². The van der Waals surface area contributed by atoms with E-state index in [9.17, 15) is 9.59 Å². The smallest absolute Gasteiger partial charge is 0.322 e. The molecule has 4 rings (SSSR count). The van der Waals surface area contributed by atoms with Crippen molar-refractivity contribution in [3.63, 3.8) is 0 Å². The number of ether oxygens (including phenoxy) is 1. The molecule has 6 heteroatoms. The molecule has 0 atom stereocenters. The molecule has 3 aromatic carbocycles. The number of carbonyl (C=O) groups is 1. The average Bonchev–Trinajstić information content (AvgIpc) is 2.80. The Balaban J connectivity index is 1.65. The molecule has 0 saturated heterocycles. The number of aromatic amines is 1. The Kier molecular flexibility index (Phi) is 6.45. The molecular formula is C27H27N3O3. The summed E-state index contributed by atoms with van der Waals surface area (Å²) in [5.74, 6) is 0.711. The molecule has 2 N–H and O–H groups in total. The summed E-state index contributed by atoms with van der Waals surface area (Å²) in [6.07, 6.45) is 0. The number of carbonyl (C=O) groups excluding carboxylic acids is 1. The quantitative estimate of drug-likeness (QED) is 0.421. The number of pyridine rings is 1. The lowest BCUT2D eigenvalue weighted by Gasteiger charge is -2.23. The van der Waals surface area contributed by atoms with E-state index in [1.54, 1.807) is 36.3 Å². The number of fused-ring (bicyclic) bond motifs is 1. The van der Waals surface area contributed by atoms with Gasteiger partial charge in [0.1, 0.15) is 5.75 Å². The van der Waals surface area contributed by atoms with Crippen molar-refractivity contribution >= 4 is 22.6 Å². The average molecular weight is 442 g/mol. The van der Waals surface area contributed by atoms with Crippen molar-refractivity contribution in [2.24, 2.45) is 0 Å². The first-order valence-corrected chi connectivity index (χ1v) is 10.8. The van der Waals surface area contributed by atoms with E-state index in [2.05, 4.69) is 16.4 Å². The molecule has 0 bridgehead atoms. The monoisotopic (exact) mass is 441 g/mol. The first kappa shape index (κ1) is 22.1. The van der Waals surface area contributed by atoms with Crippen molar-refractivity contribution in [2.75, 3.05) is 12.4 Å². The van der Waals surface area contributed by atoms with Gasteiger partial charge >= 0.3 is 6.03 Å². The van der Waals surface area contributed by atoms with Crippen LogP contribution in [0.15, 0.2) is 77.6 Å². The van der Waals surface area contributed by atoms with Crippen molar-refractivity contribution in [3.8, 4) is 5.75 Å². The van der Waals surface area contributed by atoms with Crippen LogP contribution in [0.4, 0.5) is 10.5 Å². The molecule has 4 aromatic rings. The number of rotatable bonds is 6. The predicted octanol–water partition coefficient (Wildman–Crippen LogP) is 5.39. The molecule has 0 spiro atoms. The van der Waals surface area contributed by atoms with Gasteiger partial charge in [0.2, 0.25) is 0 Å². The van der Waals surface area contributed by atoms with Gasteiger partial charge in [-0.2, -0.15) is 0 Å². The second-order valence-corrected chi connectivity index (χ2v) is 8.17. The van der Waals surface area contributed by atoms with Gasteiger partial charge in [-0.15, -0.1) is 0 Å². The van der Waals surface area contributed by atoms with Crippen LogP contribution in [0.25, 0.3) is 10.9 Å². The summed E-state index contributed by atoms with van der Waals surface area (Å²) in [6, 6.07) is 22.5. The second kappa shape index (κ2) is 9.61. The Morgan fingerprint density at radius 3 is 2.39 bits per heavy atom. The summed E-state index contributed by atoms with van der Waals surface area (Å²) >= 11 is 0. The summed E-state index contributed by atoms with van der Waals surface area (Å²) in [6.45, 7) is 4.57. The number of hydrogen-bond donors (Lipinski definition) is 2. The number of anilines is 1. The van der Waals surface area contributed by atoms with E-state index in [0.717, 1.165) is 27.6 Å². The minimum absolute atomic E-state index is 0.176. The lowest BCUT2D eigenvalue weighted by Crippen LogP contribution is -2.35. The van der Waals surface area contributed by atoms with Gasteiger partial charge < -0.3 is 19.9 Å². The molecule has 1 heterocycles. The van der Waals surface area contributed by atoms with Crippen molar-refractivity contribution in [1.29, 1.82) is 0 Å². The number of hydrogen-bond acceptors (Lipinski definition) is 3. The molecule has 0 aliphatic carbocycles. The third kappa shape index (κ3) is 5.23. The molecule has 0 saturated carbocycles. The van der Waals surface area contributed by atoms with E-state index in [4.69, 9.17) is 4.74 Å². The maximum Gasteiger partial charge on any atom is 0.322 e. The van der Waals surface area contributed by atoms with E-state index in [-0.39, 0.29) is 18.1 Å². The molecule has 0 unspecified atom stereocenters. The Hall–Kier alpha value is -4.06. The number of methoxy groups -OCH3 is 1. The number of amides is 2. The highest BCUT2D eigenvalue weighted by Crippen LogP contribution is 2.20. The summed E-state index contributed by atoms with van der Waals surface area (Å²) in [4.78, 5) is 30.7. The highest BCUT2D eigenvalue weighted by atomic mass is 16.5. The molecule has 168 valence electrons. The van der Waals surface area contributed by atoms with Crippen molar-refractivity contribution in [2.45, 2.75) is 26.9 Å². The van der Waals surface area contributed by atoms with Gasteiger partial charge in [0, 0.05) is 28.7 Å². The maximum absolute atomic E-state index is 13.2. The van der Waals surface area contributed by atoms with Gasteiger partial charge in [-0.1, -0.05) is 36.4 Å². The van der Waals surface area contributed by atoms with Crippen LogP contribution in [-0.2, 0) is 13.1 Å². The van der Waals surface area contributed by atoms with Crippen LogP contribution in [0.5, 0.6) is 5.75 Å². The molecule has 1 aromatic heterocycles. The van der Waals surface area contributed by atoms with Crippen LogP contribution in [-0.4, -0.2) is 23.0 Å². The lowest BCUT2D eigenvalue weighted by atomic mass is 10.0. The van der Waals surface area contributed by atoms with E-state index in [1.807, 2.05) is 56.3 Å². The summed E-state index contributed by atoms with van der Waals surface area (Å²) in [7, 11) is 1.60. The van der Waals surface area contributed by atoms with Crippen LogP contribution in [0.2, 0.25) is 0 Å². The van der Waals surface area contributed by atoms with Crippen LogP contribution in [0.1, 0.15) is 22.3 Å². The van der Waals surface area contributed by atoms with Gasteiger partial charge in [-0.25, -0.2) is 4.79 Å². The number of aryl methyl sites for hydroxylation is 2. The fraction of sp³-hybridized carbons (Fsp3) is 0.185. The summed E-state index contributed by atoms with van der Waals surface area (Å²) in [5, 5.41) is 3.91. The minimum Gasteiger partial charge on any atom is -0.497 e. The second-order valence-electron chi connectivity index (χ2n) is 8.17. The SMILES string of the molecule is COc1ccc(NC(=O)N(Cc2ccccc2)Cc2cc3c(C)cc(C)cc3[nH]c2=O)cc1. The summed E-state index contributed by atoms with van der Waals surface area (Å²) in [5.41, 5.74) is 4.95. The molecule has 0 radical (unpaired) electrons. The number of aromatic nitrogens is 1. The molecule has 6 nitrogen and oxygen atoms in total. The van der Waals surface area contributed by atoms with Crippen molar-refractivity contribution < 1.29 is 9.53 Å². The molecular weight excluding hydrogens is 414 g/mol. The van der Waals surface area contributed by atoms with Crippen molar-refractivity contribution in [3.05, 3.63) is 105 Å². The Morgan fingerprint density at radius 2 is 1.70 bits per heavy atom. The van der Waals surface area contributed by atoms with Crippen LogP contribution < -0.4 is 15.6 Å². The van der Waals surface area contributed by atoms with Gasteiger partial charge in [0.15, 0.2) is 0 Å². The highest BCUT2D eigenvalue weighted by molar-refractivity contribution is 5.89. The molecule has 33 heavy (non-hydrogen) atoms. The topological polar surface area (TPSA) is 74.4 Å². The third-order valence-corrected chi connectivity index (χ3v) is 5.60. The zero-order valence-corrected chi connectivity index (χ0v) is 19.0. The minimum atomic E-state index is -0.288. The zero-order chi connectivity index (χ0) is 23.4. The van der Waals surface area contributed by atoms with Crippen LogP contribution in [0, 0.1) is 13.8 Å². The van der Waals surface area contributed by atoms with E-state index >= 15 is 0 Å². The number of nitrogens with one attached hydrogen (secondary N) is 2. The molecule has 0 aliphatic heterocycles. The van der Waals surface area contributed by atoms with E-state index in [1.165, 1.54) is 0 Å². The number of urea groups is 1. The summed E-state index contributed by atoms with van der Waals surface area (Å²) < 4.78 is 5.18. The largest absolute Gasteiger partial charge is 0.497 e. The van der Waals surface area contributed by atoms with E-state index < -0.39 is 0 Å². The normalized spacial score (nSPS) is 10.8. The Morgan fingerprint density at radius 1 is 0.970 bits per heavy atom. The first-order chi connectivity index (χ1) is 15.9. The fourth-order valence-corrected chi connectivity index (χ4v) is 3.92. The molecule has 0 aliphatic rings. The number of H-pyrrole nitrogens is 1.